The predicted octanol–water partition coefficient (Wildman–Crippen LogP) is 6.98. The third-order valence-electron chi connectivity index (χ3n) is 8.82. The maximum atomic E-state index is 10.5. The summed E-state index contributed by atoms with van der Waals surface area (Å²) in [5.74, 6) is 3.22. The largest absolute Gasteiger partial charge is 0.393 e. The molecule has 3 aliphatic carbocycles. The molecule has 0 spiro atoms. The van der Waals surface area contributed by atoms with Gasteiger partial charge >= 0.3 is 0 Å². The maximum Gasteiger partial charge on any atom is 0.0920 e. The zero-order valence-corrected chi connectivity index (χ0v) is 20.1. The van der Waals surface area contributed by atoms with Crippen LogP contribution in [-0.2, 0) is 0 Å². The van der Waals surface area contributed by atoms with Crippen LogP contribution in [0.3, 0.4) is 0 Å². The van der Waals surface area contributed by atoms with E-state index in [2.05, 4.69) is 46.4 Å². The lowest BCUT2D eigenvalue weighted by Crippen LogP contribution is -2.36. The van der Waals surface area contributed by atoms with E-state index in [0.29, 0.717) is 24.2 Å². The van der Waals surface area contributed by atoms with Gasteiger partial charge in [0.25, 0.3) is 0 Å². The minimum absolute atomic E-state index is 0.161. The molecule has 2 heteroatoms. The Morgan fingerprint density at radius 1 is 1.10 bits per heavy atom. The maximum absolute atomic E-state index is 10.5. The average molecular weight is 415 g/mol. The summed E-state index contributed by atoms with van der Waals surface area (Å²) < 4.78 is 0. The van der Waals surface area contributed by atoms with Gasteiger partial charge in [-0.15, -0.1) is 0 Å². The van der Waals surface area contributed by atoms with E-state index < -0.39 is 5.60 Å². The molecule has 0 aromatic heterocycles. The zero-order valence-electron chi connectivity index (χ0n) is 20.1. The van der Waals surface area contributed by atoms with E-state index in [1.807, 2.05) is 0 Å². The molecule has 0 saturated heterocycles. The molecule has 170 valence electrons. The van der Waals surface area contributed by atoms with Gasteiger partial charge in [-0.2, -0.15) is 0 Å². The Hall–Kier alpha value is -0.860. The van der Waals surface area contributed by atoms with Crippen molar-refractivity contribution in [3.63, 3.8) is 0 Å². The van der Waals surface area contributed by atoms with Crippen molar-refractivity contribution >= 4 is 0 Å². The van der Waals surface area contributed by atoms with Gasteiger partial charge in [-0.25, -0.2) is 0 Å². The van der Waals surface area contributed by atoms with Crippen molar-refractivity contribution in [2.24, 2.45) is 29.1 Å². The molecule has 0 heterocycles. The lowest BCUT2D eigenvalue weighted by Gasteiger charge is -2.44. The van der Waals surface area contributed by atoms with Gasteiger partial charge in [-0.1, -0.05) is 76.8 Å². The smallest absolute Gasteiger partial charge is 0.0920 e. The molecule has 0 aromatic carbocycles. The Labute approximate surface area is 185 Å². The third-order valence-corrected chi connectivity index (χ3v) is 8.82. The molecular formula is C28H46O2. The highest BCUT2D eigenvalue weighted by molar-refractivity contribution is 5.37. The van der Waals surface area contributed by atoms with Gasteiger partial charge in [0.15, 0.2) is 0 Å². The Balaban J connectivity index is 1.72. The van der Waals surface area contributed by atoms with Crippen LogP contribution >= 0.6 is 0 Å². The number of aliphatic hydroxyl groups is 2. The van der Waals surface area contributed by atoms with E-state index in [-0.39, 0.29) is 6.61 Å². The molecule has 1 unspecified atom stereocenters. The van der Waals surface area contributed by atoms with Crippen molar-refractivity contribution in [2.45, 2.75) is 104 Å². The van der Waals surface area contributed by atoms with Crippen LogP contribution in [0.15, 0.2) is 35.5 Å². The molecule has 0 aliphatic heterocycles. The summed E-state index contributed by atoms with van der Waals surface area (Å²) in [7, 11) is 0. The SMILES string of the molecule is C=C1CC[C@@](O)(CO)CC1=CC=C1CCC[C@@]2(C)C1CC[C@@H]2[C@H](C)CCCC(C)C. The molecule has 3 saturated carbocycles. The standard InChI is InChI=1S/C28H46O2/c1-20(2)8-6-9-22(4)25-13-14-26-23(10-7-16-27(25,26)5)11-12-24-18-28(30,19-29)17-15-21(24)3/h11-12,20,22,25-26,29-30H,3,6-10,13-19H2,1-2,4-5H3/t22-,25-,26?,27-,28+/m1/s1. The molecule has 5 atom stereocenters. The Bertz CT molecular complexity index is 672. The van der Waals surface area contributed by atoms with Crippen LogP contribution in [0, 0.1) is 29.1 Å². The van der Waals surface area contributed by atoms with Crippen LogP contribution in [-0.4, -0.2) is 22.4 Å². The van der Waals surface area contributed by atoms with Crippen molar-refractivity contribution in [2.75, 3.05) is 6.61 Å². The van der Waals surface area contributed by atoms with Crippen LogP contribution in [0.4, 0.5) is 0 Å². The topological polar surface area (TPSA) is 40.5 Å². The van der Waals surface area contributed by atoms with Gasteiger partial charge in [-0.3, -0.25) is 0 Å². The van der Waals surface area contributed by atoms with Gasteiger partial charge < -0.3 is 10.2 Å². The normalized spacial score (nSPS) is 38.4. The Morgan fingerprint density at radius 2 is 1.87 bits per heavy atom. The van der Waals surface area contributed by atoms with Gasteiger partial charge in [0.05, 0.1) is 12.2 Å². The van der Waals surface area contributed by atoms with E-state index >= 15 is 0 Å². The van der Waals surface area contributed by atoms with E-state index in [9.17, 15) is 10.2 Å². The first-order chi connectivity index (χ1) is 14.2. The molecule has 3 rings (SSSR count). The van der Waals surface area contributed by atoms with E-state index in [4.69, 9.17) is 0 Å². The first-order valence-electron chi connectivity index (χ1n) is 12.6. The summed E-state index contributed by atoms with van der Waals surface area (Å²) in [6.45, 7) is 13.8. The van der Waals surface area contributed by atoms with Crippen molar-refractivity contribution in [3.05, 3.63) is 35.5 Å². The minimum atomic E-state index is -0.962. The van der Waals surface area contributed by atoms with E-state index in [1.54, 1.807) is 5.57 Å². The number of rotatable bonds is 7. The van der Waals surface area contributed by atoms with Crippen molar-refractivity contribution in [1.82, 2.24) is 0 Å². The second-order valence-corrected chi connectivity index (χ2v) is 11.5. The Kier molecular flexibility index (Phi) is 7.72. The van der Waals surface area contributed by atoms with Crippen LogP contribution in [0.1, 0.15) is 98.3 Å². The fourth-order valence-corrected chi connectivity index (χ4v) is 6.89. The van der Waals surface area contributed by atoms with Crippen molar-refractivity contribution in [1.29, 1.82) is 0 Å². The summed E-state index contributed by atoms with van der Waals surface area (Å²) in [5.41, 5.74) is 3.38. The van der Waals surface area contributed by atoms with Gasteiger partial charge in [-0.05, 0) is 79.6 Å². The molecule has 0 aromatic rings. The minimum Gasteiger partial charge on any atom is -0.393 e. The number of hydrogen-bond acceptors (Lipinski definition) is 2. The molecule has 30 heavy (non-hydrogen) atoms. The first-order valence-corrected chi connectivity index (χ1v) is 12.6. The van der Waals surface area contributed by atoms with Crippen LogP contribution in [0.5, 0.6) is 0 Å². The molecule has 2 N–H and O–H groups in total. The van der Waals surface area contributed by atoms with Crippen LogP contribution in [0.25, 0.3) is 0 Å². The highest BCUT2D eigenvalue weighted by Gasteiger charge is 2.50. The quantitative estimate of drug-likeness (QED) is 0.471. The average Bonchev–Trinajstić information content (AvgIpc) is 3.06. The summed E-state index contributed by atoms with van der Waals surface area (Å²) in [6, 6.07) is 0. The monoisotopic (exact) mass is 414 g/mol. The number of hydrogen-bond donors (Lipinski definition) is 2. The first kappa shape index (κ1) is 23.8. The molecule has 0 bridgehead atoms. The molecule has 3 fully saturated rings. The second-order valence-electron chi connectivity index (χ2n) is 11.5. The molecular weight excluding hydrogens is 368 g/mol. The summed E-state index contributed by atoms with van der Waals surface area (Å²) in [4.78, 5) is 0. The van der Waals surface area contributed by atoms with Gasteiger partial charge in [0.1, 0.15) is 0 Å². The highest BCUT2D eigenvalue weighted by atomic mass is 16.3. The second kappa shape index (κ2) is 9.74. The van der Waals surface area contributed by atoms with Crippen LogP contribution in [0.2, 0.25) is 0 Å². The summed E-state index contributed by atoms with van der Waals surface area (Å²) in [6.07, 6.45) is 17.3. The highest BCUT2D eigenvalue weighted by Crippen LogP contribution is 2.60. The van der Waals surface area contributed by atoms with Gasteiger partial charge in [0.2, 0.25) is 0 Å². The van der Waals surface area contributed by atoms with E-state index in [0.717, 1.165) is 35.3 Å². The van der Waals surface area contributed by atoms with Crippen molar-refractivity contribution < 1.29 is 10.2 Å². The molecule has 2 nitrogen and oxygen atoms in total. The zero-order chi connectivity index (χ0) is 21.9. The van der Waals surface area contributed by atoms with Crippen molar-refractivity contribution in [3.8, 4) is 0 Å². The summed E-state index contributed by atoms with van der Waals surface area (Å²) in [5, 5.41) is 20.1. The fraction of sp³-hybridized carbons (Fsp3) is 0.786. The molecule has 3 aliphatic rings. The van der Waals surface area contributed by atoms with Crippen LogP contribution < -0.4 is 0 Å². The third kappa shape index (κ3) is 5.13. The molecule has 0 amide bonds. The summed E-state index contributed by atoms with van der Waals surface area (Å²) >= 11 is 0. The number of fused-ring (bicyclic) bond motifs is 1. The molecule has 0 radical (unpaired) electrons. The number of allylic oxidation sites excluding steroid dienone is 4. The van der Waals surface area contributed by atoms with Gasteiger partial charge in [0, 0.05) is 6.42 Å². The Morgan fingerprint density at radius 3 is 2.57 bits per heavy atom. The lowest BCUT2D eigenvalue weighted by atomic mass is 9.60. The van der Waals surface area contributed by atoms with E-state index in [1.165, 1.54) is 51.4 Å². The number of aliphatic hydroxyl groups excluding tert-OH is 1. The predicted molar refractivity (Wildman–Crippen MR) is 127 cm³/mol. The lowest BCUT2D eigenvalue weighted by molar-refractivity contribution is -0.0249. The fourth-order valence-electron chi connectivity index (χ4n) is 6.89.